The highest BCUT2D eigenvalue weighted by Gasteiger charge is 2.41. The molecule has 0 saturated carbocycles. The molecule has 0 aromatic rings. The molecule has 23 heavy (non-hydrogen) atoms. The lowest BCUT2D eigenvalue weighted by molar-refractivity contribution is -0.173. The van der Waals surface area contributed by atoms with E-state index in [1.54, 1.807) is 0 Å². The number of nitrogens with one attached hydrogen (secondary N) is 2. The molecule has 0 aliphatic carbocycles. The quantitative estimate of drug-likeness (QED) is 0.270. The summed E-state index contributed by atoms with van der Waals surface area (Å²) in [6, 6.07) is 0.276. The molecule has 2 saturated heterocycles. The average molecular weight is 451 g/mol. The molecule has 0 aromatic carbocycles. The van der Waals surface area contributed by atoms with Crippen LogP contribution in [0, 0.1) is 0 Å². The lowest BCUT2D eigenvalue weighted by Gasteiger charge is -2.22. The third kappa shape index (κ3) is 7.42. The molecular formula is C14H25F3IN3O2. The van der Waals surface area contributed by atoms with Gasteiger partial charge in [0.1, 0.15) is 6.61 Å². The maximum absolute atomic E-state index is 11.9. The summed E-state index contributed by atoms with van der Waals surface area (Å²) < 4.78 is 46.1. The van der Waals surface area contributed by atoms with Crippen molar-refractivity contribution >= 4 is 29.9 Å². The Morgan fingerprint density at radius 3 is 2.70 bits per heavy atom. The van der Waals surface area contributed by atoms with E-state index in [0.29, 0.717) is 25.0 Å². The number of hydrogen-bond acceptors (Lipinski definition) is 3. The van der Waals surface area contributed by atoms with Crippen LogP contribution in [0.4, 0.5) is 13.2 Å². The smallest absolute Gasteiger partial charge is 0.373 e. The molecule has 2 aliphatic rings. The normalized spacial score (nSPS) is 27.0. The Morgan fingerprint density at radius 2 is 2.13 bits per heavy atom. The molecule has 2 aliphatic heterocycles. The largest absolute Gasteiger partial charge is 0.411 e. The van der Waals surface area contributed by atoms with Crippen molar-refractivity contribution in [3.05, 3.63) is 0 Å². The van der Waals surface area contributed by atoms with Crippen LogP contribution in [0.3, 0.4) is 0 Å². The number of nitrogens with zero attached hydrogens (tertiary/aromatic N) is 1. The van der Waals surface area contributed by atoms with E-state index in [2.05, 4.69) is 20.4 Å². The lowest BCUT2D eigenvalue weighted by atomic mass is 9.96. The van der Waals surface area contributed by atoms with Crippen molar-refractivity contribution < 1.29 is 22.6 Å². The Kier molecular flexibility index (Phi) is 8.91. The van der Waals surface area contributed by atoms with Crippen LogP contribution < -0.4 is 10.6 Å². The predicted octanol–water partition coefficient (Wildman–Crippen LogP) is 2.45. The van der Waals surface area contributed by atoms with Crippen molar-refractivity contribution in [2.75, 3.05) is 26.3 Å². The van der Waals surface area contributed by atoms with E-state index in [0.717, 1.165) is 25.8 Å². The first-order chi connectivity index (χ1) is 10.5. The Morgan fingerprint density at radius 1 is 1.35 bits per heavy atom. The van der Waals surface area contributed by atoms with Crippen molar-refractivity contribution in [1.29, 1.82) is 0 Å². The van der Waals surface area contributed by atoms with Crippen LogP contribution >= 0.6 is 24.0 Å². The van der Waals surface area contributed by atoms with Crippen LogP contribution in [0.5, 0.6) is 0 Å². The van der Waals surface area contributed by atoms with E-state index in [9.17, 15) is 13.2 Å². The average Bonchev–Trinajstić information content (AvgIpc) is 3.04. The fourth-order valence-corrected chi connectivity index (χ4v) is 2.83. The van der Waals surface area contributed by atoms with Crippen LogP contribution in [0.25, 0.3) is 0 Å². The molecule has 136 valence electrons. The Hall–Kier alpha value is -0.290. The van der Waals surface area contributed by atoms with Gasteiger partial charge in [0, 0.05) is 19.7 Å². The highest BCUT2D eigenvalue weighted by Crippen LogP contribution is 2.34. The van der Waals surface area contributed by atoms with Gasteiger partial charge in [-0.15, -0.1) is 24.0 Å². The second-order valence-corrected chi connectivity index (χ2v) is 5.64. The first-order valence-corrected chi connectivity index (χ1v) is 7.82. The van der Waals surface area contributed by atoms with E-state index in [-0.39, 0.29) is 42.7 Å². The summed E-state index contributed by atoms with van der Waals surface area (Å²) in [5.74, 6) is 0.694. The highest BCUT2D eigenvalue weighted by atomic mass is 127. The van der Waals surface area contributed by atoms with Crippen LogP contribution in [-0.4, -0.2) is 56.7 Å². The first kappa shape index (κ1) is 20.8. The number of hydrogen-bond donors (Lipinski definition) is 2. The molecule has 0 radical (unpaired) electrons. The zero-order valence-corrected chi connectivity index (χ0v) is 15.5. The summed E-state index contributed by atoms with van der Waals surface area (Å²) in [4.78, 5) is 4.37. The third-order valence-electron chi connectivity index (χ3n) is 3.75. The SMILES string of the molecule is CCNC(=NCCCOCC(F)(F)F)NC1CC2CCC1O2.I. The van der Waals surface area contributed by atoms with Crippen molar-refractivity contribution in [3.8, 4) is 0 Å². The summed E-state index contributed by atoms with van der Waals surface area (Å²) in [6.07, 6.45) is 0.00998. The molecule has 0 spiro atoms. The predicted molar refractivity (Wildman–Crippen MR) is 92.3 cm³/mol. The van der Waals surface area contributed by atoms with Gasteiger partial charge in [0.05, 0.1) is 18.2 Å². The van der Waals surface area contributed by atoms with Crippen molar-refractivity contribution in [2.45, 2.75) is 57.0 Å². The molecule has 2 rings (SSSR count). The molecule has 3 atom stereocenters. The highest BCUT2D eigenvalue weighted by molar-refractivity contribution is 14.0. The summed E-state index contributed by atoms with van der Waals surface area (Å²) in [7, 11) is 0. The van der Waals surface area contributed by atoms with Gasteiger partial charge in [-0.2, -0.15) is 13.2 Å². The minimum absolute atomic E-state index is 0. The minimum Gasteiger partial charge on any atom is -0.373 e. The number of rotatable bonds is 7. The molecule has 0 amide bonds. The van der Waals surface area contributed by atoms with Gasteiger partial charge in [0.15, 0.2) is 5.96 Å². The molecular weight excluding hydrogens is 426 g/mol. The molecule has 2 heterocycles. The third-order valence-corrected chi connectivity index (χ3v) is 3.75. The van der Waals surface area contributed by atoms with Crippen molar-refractivity contribution in [3.63, 3.8) is 0 Å². The van der Waals surface area contributed by atoms with Gasteiger partial charge in [-0.1, -0.05) is 0 Å². The maximum Gasteiger partial charge on any atom is 0.411 e. The first-order valence-electron chi connectivity index (χ1n) is 7.82. The van der Waals surface area contributed by atoms with E-state index >= 15 is 0 Å². The monoisotopic (exact) mass is 451 g/mol. The van der Waals surface area contributed by atoms with Gasteiger partial charge in [0.2, 0.25) is 0 Å². The number of ether oxygens (including phenoxy) is 2. The fraction of sp³-hybridized carbons (Fsp3) is 0.929. The van der Waals surface area contributed by atoms with Gasteiger partial charge >= 0.3 is 6.18 Å². The minimum atomic E-state index is -4.26. The molecule has 5 nitrogen and oxygen atoms in total. The number of alkyl halides is 3. The van der Waals surface area contributed by atoms with E-state index < -0.39 is 12.8 Å². The summed E-state index contributed by atoms with van der Waals surface area (Å²) in [6.45, 7) is 1.99. The summed E-state index contributed by atoms with van der Waals surface area (Å²) >= 11 is 0. The van der Waals surface area contributed by atoms with E-state index in [1.807, 2.05) is 6.92 Å². The fourth-order valence-electron chi connectivity index (χ4n) is 2.83. The number of fused-ring (bicyclic) bond motifs is 2. The zero-order chi connectivity index (χ0) is 16.0. The summed E-state index contributed by atoms with van der Waals surface area (Å²) in [5, 5.41) is 6.50. The Balaban J connectivity index is 0.00000264. The Bertz CT molecular complexity index is 383. The molecule has 2 fully saturated rings. The molecule has 2 bridgehead atoms. The van der Waals surface area contributed by atoms with Gasteiger partial charge in [-0.05, 0) is 32.6 Å². The van der Waals surface area contributed by atoms with Crippen molar-refractivity contribution in [2.24, 2.45) is 4.99 Å². The number of aliphatic imine (C=N–C) groups is 1. The van der Waals surface area contributed by atoms with E-state index in [1.165, 1.54) is 0 Å². The lowest BCUT2D eigenvalue weighted by Crippen LogP contribution is -2.47. The number of halogens is 4. The Labute approximate surface area is 151 Å². The van der Waals surface area contributed by atoms with Gasteiger partial charge < -0.3 is 20.1 Å². The zero-order valence-electron chi connectivity index (χ0n) is 13.2. The molecule has 3 unspecified atom stereocenters. The molecule has 0 aromatic heterocycles. The van der Waals surface area contributed by atoms with Crippen LogP contribution in [0.15, 0.2) is 4.99 Å². The van der Waals surface area contributed by atoms with Crippen LogP contribution in [0.2, 0.25) is 0 Å². The molecule has 9 heteroatoms. The number of guanidine groups is 1. The van der Waals surface area contributed by atoms with Gasteiger partial charge in [-0.3, -0.25) is 4.99 Å². The second-order valence-electron chi connectivity index (χ2n) is 5.64. The standard InChI is InChI=1S/C14H24F3N3O2.HI/c1-2-18-13(19-6-3-7-21-9-14(15,16)17)20-11-8-10-4-5-12(11)22-10;/h10-12H,2-9H2,1H3,(H2,18,19,20);1H. The van der Waals surface area contributed by atoms with Gasteiger partial charge in [-0.25, -0.2) is 0 Å². The van der Waals surface area contributed by atoms with Crippen molar-refractivity contribution in [1.82, 2.24) is 10.6 Å². The maximum atomic E-state index is 11.9. The van der Waals surface area contributed by atoms with Gasteiger partial charge in [0.25, 0.3) is 0 Å². The topological polar surface area (TPSA) is 54.9 Å². The molecule has 2 N–H and O–H groups in total. The summed E-state index contributed by atoms with van der Waals surface area (Å²) in [5.41, 5.74) is 0. The van der Waals surface area contributed by atoms with E-state index in [4.69, 9.17) is 4.74 Å². The van der Waals surface area contributed by atoms with Crippen LogP contribution in [-0.2, 0) is 9.47 Å². The van der Waals surface area contributed by atoms with Crippen LogP contribution in [0.1, 0.15) is 32.6 Å². The second kappa shape index (κ2) is 9.87.